The Balaban J connectivity index is 2.68. The van der Waals surface area contributed by atoms with Gasteiger partial charge in [-0.05, 0) is 18.1 Å². The Morgan fingerprint density at radius 3 is 2.79 bits per heavy atom. The van der Waals surface area contributed by atoms with E-state index in [4.69, 9.17) is 5.73 Å². The van der Waals surface area contributed by atoms with Gasteiger partial charge in [-0.3, -0.25) is 0 Å². The number of hydrogen-bond donors (Lipinski definition) is 1. The molecule has 1 aromatic rings. The van der Waals surface area contributed by atoms with Crippen molar-refractivity contribution >= 4 is 15.7 Å². The van der Waals surface area contributed by atoms with Gasteiger partial charge in [-0.25, -0.2) is 13.4 Å². The molecule has 0 aromatic carbocycles. The Morgan fingerprint density at radius 2 is 2.21 bits per heavy atom. The van der Waals surface area contributed by atoms with Crippen molar-refractivity contribution in [3.63, 3.8) is 0 Å². The minimum atomic E-state index is -2.92. The summed E-state index contributed by atoms with van der Waals surface area (Å²) < 4.78 is 22.4. The third-order valence-corrected chi connectivity index (χ3v) is 3.75. The molecule has 2 N–H and O–H groups in total. The second-order valence-corrected chi connectivity index (χ2v) is 5.51. The van der Waals surface area contributed by atoms with E-state index in [0.29, 0.717) is 12.2 Å². The molecule has 0 spiro atoms. The van der Waals surface area contributed by atoms with Gasteiger partial charge in [-0.15, -0.1) is 0 Å². The van der Waals surface area contributed by atoms with Crippen molar-refractivity contribution in [2.24, 2.45) is 0 Å². The molecule has 0 atom stereocenters. The number of sulfone groups is 1. The molecule has 0 bridgehead atoms. The van der Waals surface area contributed by atoms with E-state index in [9.17, 15) is 8.42 Å². The molecular formula is C9H14N2O2S. The molecule has 78 valence electrons. The molecule has 0 aliphatic carbocycles. The molecule has 1 heterocycles. The molecule has 0 aliphatic heterocycles. The summed E-state index contributed by atoms with van der Waals surface area (Å²) in [6, 6.07) is 3.55. The number of pyridine rings is 1. The molecular weight excluding hydrogens is 200 g/mol. The van der Waals surface area contributed by atoms with Gasteiger partial charge in [-0.2, -0.15) is 0 Å². The van der Waals surface area contributed by atoms with E-state index >= 15 is 0 Å². The lowest BCUT2D eigenvalue weighted by Crippen LogP contribution is -2.12. The largest absolute Gasteiger partial charge is 0.383 e. The van der Waals surface area contributed by atoms with E-state index in [1.54, 1.807) is 25.3 Å². The van der Waals surface area contributed by atoms with E-state index in [2.05, 4.69) is 4.98 Å². The first-order valence-corrected chi connectivity index (χ1v) is 6.27. The van der Waals surface area contributed by atoms with Gasteiger partial charge >= 0.3 is 0 Å². The Kier molecular flexibility index (Phi) is 3.46. The quantitative estimate of drug-likeness (QED) is 0.798. The average molecular weight is 214 g/mol. The zero-order chi connectivity index (χ0) is 10.6. The summed E-state index contributed by atoms with van der Waals surface area (Å²) in [6.07, 6.45) is 2.03. The van der Waals surface area contributed by atoms with Crippen molar-refractivity contribution in [1.82, 2.24) is 4.98 Å². The molecule has 0 unspecified atom stereocenters. The van der Waals surface area contributed by atoms with Crippen molar-refractivity contribution in [3.8, 4) is 0 Å². The van der Waals surface area contributed by atoms with Gasteiger partial charge in [0, 0.05) is 11.9 Å². The van der Waals surface area contributed by atoms with E-state index in [-0.39, 0.29) is 11.5 Å². The van der Waals surface area contributed by atoms with Crippen LogP contribution < -0.4 is 5.73 Å². The van der Waals surface area contributed by atoms with Gasteiger partial charge in [0.2, 0.25) is 0 Å². The molecule has 0 radical (unpaired) electrons. The van der Waals surface area contributed by atoms with Crippen LogP contribution in [0.5, 0.6) is 0 Å². The SMILES string of the molecule is CCS(=O)(=O)CCc1cccnc1N. The first-order chi connectivity index (χ1) is 6.55. The molecule has 0 saturated heterocycles. The van der Waals surface area contributed by atoms with Crippen LogP contribution in [0, 0.1) is 0 Å². The minimum absolute atomic E-state index is 0.138. The molecule has 14 heavy (non-hydrogen) atoms. The van der Waals surface area contributed by atoms with E-state index in [0.717, 1.165) is 5.56 Å². The molecule has 4 nitrogen and oxygen atoms in total. The number of aromatic nitrogens is 1. The molecule has 0 saturated carbocycles. The molecule has 0 fully saturated rings. The van der Waals surface area contributed by atoms with Crippen molar-refractivity contribution in [2.75, 3.05) is 17.2 Å². The third kappa shape index (κ3) is 2.99. The standard InChI is InChI=1S/C9H14N2O2S/c1-2-14(12,13)7-5-8-4-3-6-11-9(8)10/h3-4,6H,2,5,7H2,1H3,(H2,10,11). The summed E-state index contributed by atoms with van der Waals surface area (Å²) in [4.78, 5) is 3.89. The summed E-state index contributed by atoms with van der Waals surface area (Å²) >= 11 is 0. The summed E-state index contributed by atoms with van der Waals surface area (Å²) in [5.74, 6) is 0.728. The van der Waals surface area contributed by atoms with Gasteiger partial charge in [0.05, 0.1) is 5.75 Å². The summed E-state index contributed by atoms with van der Waals surface area (Å²) in [6.45, 7) is 1.64. The maximum atomic E-state index is 11.2. The van der Waals surface area contributed by atoms with Crippen molar-refractivity contribution in [3.05, 3.63) is 23.9 Å². The van der Waals surface area contributed by atoms with Crippen LogP contribution in [0.3, 0.4) is 0 Å². The van der Waals surface area contributed by atoms with Crippen molar-refractivity contribution in [2.45, 2.75) is 13.3 Å². The Morgan fingerprint density at radius 1 is 1.50 bits per heavy atom. The minimum Gasteiger partial charge on any atom is -0.383 e. The predicted octanol–water partition coefficient (Wildman–Crippen LogP) is 0.641. The number of rotatable bonds is 4. The zero-order valence-corrected chi connectivity index (χ0v) is 8.92. The fourth-order valence-corrected chi connectivity index (χ4v) is 1.89. The number of aryl methyl sites for hydroxylation is 1. The van der Waals surface area contributed by atoms with Gasteiger partial charge in [0.1, 0.15) is 15.7 Å². The lowest BCUT2D eigenvalue weighted by Gasteiger charge is -2.03. The first-order valence-electron chi connectivity index (χ1n) is 4.45. The second-order valence-electron chi connectivity index (χ2n) is 3.03. The zero-order valence-electron chi connectivity index (χ0n) is 8.10. The maximum Gasteiger partial charge on any atom is 0.150 e. The average Bonchev–Trinajstić information content (AvgIpc) is 2.17. The first kappa shape index (κ1) is 11.0. The number of hydrogen-bond acceptors (Lipinski definition) is 4. The smallest absolute Gasteiger partial charge is 0.150 e. The highest BCUT2D eigenvalue weighted by Crippen LogP contribution is 2.08. The van der Waals surface area contributed by atoms with Crippen molar-refractivity contribution in [1.29, 1.82) is 0 Å². The van der Waals surface area contributed by atoms with Crippen LogP contribution >= 0.6 is 0 Å². The molecule has 0 aliphatic rings. The molecule has 1 rings (SSSR count). The highest BCUT2D eigenvalue weighted by molar-refractivity contribution is 7.91. The topological polar surface area (TPSA) is 73.0 Å². The lowest BCUT2D eigenvalue weighted by molar-refractivity contribution is 0.596. The van der Waals surface area contributed by atoms with Crippen LogP contribution in [0.1, 0.15) is 12.5 Å². The van der Waals surface area contributed by atoms with Crippen LogP contribution in [0.15, 0.2) is 18.3 Å². The maximum absolute atomic E-state index is 11.2. The number of nitrogens with zero attached hydrogens (tertiary/aromatic N) is 1. The van der Waals surface area contributed by atoms with Crippen molar-refractivity contribution < 1.29 is 8.42 Å². The predicted molar refractivity (Wildman–Crippen MR) is 56.7 cm³/mol. The van der Waals surface area contributed by atoms with Crippen LogP contribution in [-0.4, -0.2) is 24.9 Å². The number of anilines is 1. The summed E-state index contributed by atoms with van der Waals surface area (Å²) in [5.41, 5.74) is 6.38. The molecule has 5 heteroatoms. The summed E-state index contributed by atoms with van der Waals surface area (Å²) in [5, 5.41) is 0. The highest BCUT2D eigenvalue weighted by Gasteiger charge is 2.08. The Labute approximate surface area is 84.1 Å². The fourth-order valence-electron chi connectivity index (χ4n) is 1.07. The van der Waals surface area contributed by atoms with E-state index in [1.807, 2.05) is 0 Å². The third-order valence-electron chi connectivity index (χ3n) is 2.05. The number of nitrogen functional groups attached to an aromatic ring is 1. The van der Waals surface area contributed by atoms with E-state index < -0.39 is 9.84 Å². The monoisotopic (exact) mass is 214 g/mol. The Bertz CT molecular complexity index is 401. The fraction of sp³-hybridized carbons (Fsp3) is 0.444. The van der Waals surface area contributed by atoms with Gasteiger partial charge in [0.25, 0.3) is 0 Å². The van der Waals surface area contributed by atoms with Gasteiger partial charge < -0.3 is 5.73 Å². The second kappa shape index (κ2) is 4.41. The van der Waals surface area contributed by atoms with E-state index in [1.165, 1.54) is 0 Å². The van der Waals surface area contributed by atoms with Crippen LogP contribution in [0.4, 0.5) is 5.82 Å². The van der Waals surface area contributed by atoms with Crippen LogP contribution in [0.25, 0.3) is 0 Å². The lowest BCUT2D eigenvalue weighted by atomic mass is 10.2. The van der Waals surface area contributed by atoms with Crippen LogP contribution in [-0.2, 0) is 16.3 Å². The highest BCUT2D eigenvalue weighted by atomic mass is 32.2. The van der Waals surface area contributed by atoms with Gasteiger partial charge in [-0.1, -0.05) is 13.0 Å². The Hall–Kier alpha value is -1.10. The number of nitrogens with two attached hydrogens (primary N) is 1. The normalized spacial score (nSPS) is 11.5. The molecule has 0 amide bonds. The summed E-state index contributed by atoms with van der Waals surface area (Å²) in [7, 11) is -2.92. The molecule has 1 aromatic heterocycles. The van der Waals surface area contributed by atoms with Crippen LogP contribution in [0.2, 0.25) is 0 Å². The van der Waals surface area contributed by atoms with Gasteiger partial charge in [0.15, 0.2) is 0 Å².